The van der Waals surface area contributed by atoms with E-state index in [0.717, 1.165) is 7.11 Å². The molecule has 72 valence electrons. The van der Waals surface area contributed by atoms with Crippen LogP contribution < -0.4 is 10.6 Å². The SMILES string of the molecule is COC(=O)C1NC(=O)NC1C(=O)O. The molecule has 7 heteroatoms. The maximum atomic E-state index is 10.9. The average molecular weight is 188 g/mol. The summed E-state index contributed by atoms with van der Waals surface area (Å²) in [7, 11) is 1.12. The van der Waals surface area contributed by atoms with E-state index in [9.17, 15) is 14.4 Å². The summed E-state index contributed by atoms with van der Waals surface area (Å²) >= 11 is 0. The Morgan fingerprint density at radius 1 is 1.38 bits per heavy atom. The number of methoxy groups -OCH3 is 1. The second-order valence-corrected chi connectivity index (χ2v) is 2.43. The predicted octanol–water partition coefficient (Wildman–Crippen LogP) is -1.71. The summed E-state index contributed by atoms with van der Waals surface area (Å²) in [6, 6.07) is -3.11. The number of amides is 2. The Morgan fingerprint density at radius 3 is 2.38 bits per heavy atom. The summed E-state index contributed by atoms with van der Waals surface area (Å²) in [5, 5.41) is 12.8. The first-order valence-electron chi connectivity index (χ1n) is 3.44. The number of carboxylic acids is 1. The average Bonchev–Trinajstić information content (AvgIpc) is 2.46. The number of aliphatic carboxylic acids is 1. The zero-order chi connectivity index (χ0) is 10.0. The molecule has 0 spiro atoms. The van der Waals surface area contributed by atoms with Crippen molar-refractivity contribution in [1.29, 1.82) is 0 Å². The number of carbonyl (C=O) groups excluding carboxylic acids is 2. The Bertz CT molecular complexity index is 264. The highest BCUT2D eigenvalue weighted by Crippen LogP contribution is 2.03. The van der Waals surface area contributed by atoms with Gasteiger partial charge in [0.15, 0.2) is 12.1 Å². The maximum absolute atomic E-state index is 10.9. The van der Waals surface area contributed by atoms with Crippen molar-refractivity contribution in [3.63, 3.8) is 0 Å². The zero-order valence-electron chi connectivity index (χ0n) is 6.73. The molecule has 2 amide bonds. The summed E-state index contributed by atoms with van der Waals surface area (Å²) in [5.74, 6) is -2.07. The lowest BCUT2D eigenvalue weighted by molar-refractivity contribution is -0.148. The molecule has 1 heterocycles. The predicted molar refractivity (Wildman–Crippen MR) is 38.9 cm³/mol. The molecule has 0 radical (unpaired) electrons. The van der Waals surface area contributed by atoms with Gasteiger partial charge in [0.05, 0.1) is 7.11 Å². The van der Waals surface area contributed by atoms with E-state index < -0.39 is 30.1 Å². The molecule has 1 fully saturated rings. The maximum Gasteiger partial charge on any atom is 0.331 e. The monoisotopic (exact) mass is 188 g/mol. The van der Waals surface area contributed by atoms with Crippen molar-refractivity contribution in [1.82, 2.24) is 10.6 Å². The van der Waals surface area contributed by atoms with Gasteiger partial charge in [0.2, 0.25) is 0 Å². The minimum atomic E-state index is -1.28. The van der Waals surface area contributed by atoms with Gasteiger partial charge < -0.3 is 20.5 Å². The molecule has 0 aromatic heterocycles. The van der Waals surface area contributed by atoms with Gasteiger partial charge in [-0.05, 0) is 0 Å². The highest BCUT2D eigenvalue weighted by molar-refractivity contribution is 5.96. The number of nitrogens with one attached hydrogen (secondary N) is 2. The first-order chi connectivity index (χ1) is 6.06. The molecule has 1 saturated heterocycles. The first kappa shape index (κ1) is 9.30. The van der Waals surface area contributed by atoms with Crippen molar-refractivity contribution < 1.29 is 24.2 Å². The van der Waals surface area contributed by atoms with Crippen LogP contribution in [0.2, 0.25) is 0 Å². The van der Waals surface area contributed by atoms with Gasteiger partial charge in [-0.15, -0.1) is 0 Å². The molecule has 0 aliphatic carbocycles. The highest BCUT2D eigenvalue weighted by Gasteiger charge is 2.42. The van der Waals surface area contributed by atoms with E-state index in [2.05, 4.69) is 15.4 Å². The molecule has 1 aliphatic heterocycles. The van der Waals surface area contributed by atoms with Crippen molar-refractivity contribution in [3.05, 3.63) is 0 Å². The lowest BCUT2D eigenvalue weighted by Gasteiger charge is -2.10. The van der Waals surface area contributed by atoms with E-state index in [-0.39, 0.29) is 0 Å². The Labute approximate surface area is 73.1 Å². The van der Waals surface area contributed by atoms with Crippen molar-refractivity contribution in [2.45, 2.75) is 12.1 Å². The third kappa shape index (κ3) is 1.68. The standard InChI is InChI=1S/C6H8N2O5/c1-13-5(11)3-2(4(9)10)7-6(12)8-3/h2-3H,1H3,(H,9,10)(H2,7,8,12). The molecule has 1 rings (SSSR count). The van der Waals surface area contributed by atoms with E-state index in [0.29, 0.717) is 0 Å². The minimum absolute atomic E-state index is 0.692. The minimum Gasteiger partial charge on any atom is -0.480 e. The molecule has 0 saturated carbocycles. The molecule has 1 aliphatic rings. The lowest BCUT2D eigenvalue weighted by atomic mass is 10.1. The fourth-order valence-corrected chi connectivity index (χ4v) is 1.02. The smallest absolute Gasteiger partial charge is 0.331 e. The van der Waals surface area contributed by atoms with Crippen LogP contribution in [0.5, 0.6) is 0 Å². The topological polar surface area (TPSA) is 105 Å². The largest absolute Gasteiger partial charge is 0.480 e. The molecular weight excluding hydrogens is 180 g/mol. The Balaban J connectivity index is 2.77. The number of hydrogen-bond donors (Lipinski definition) is 3. The van der Waals surface area contributed by atoms with E-state index in [1.165, 1.54) is 0 Å². The van der Waals surface area contributed by atoms with Gasteiger partial charge in [0.1, 0.15) is 0 Å². The van der Waals surface area contributed by atoms with Gasteiger partial charge in [0, 0.05) is 0 Å². The summed E-state index contributed by atoms with van der Waals surface area (Å²) in [5.41, 5.74) is 0. The molecule has 13 heavy (non-hydrogen) atoms. The Kier molecular flexibility index (Phi) is 2.36. The van der Waals surface area contributed by atoms with Crippen LogP contribution in [0.15, 0.2) is 0 Å². The van der Waals surface area contributed by atoms with Gasteiger partial charge in [-0.2, -0.15) is 0 Å². The molecule has 2 unspecified atom stereocenters. The molecule has 7 nitrogen and oxygen atoms in total. The van der Waals surface area contributed by atoms with Crippen LogP contribution in [0.25, 0.3) is 0 Å². The molecule has 0 bridgehead atoms. The number of carbonyl (C=O) groups is 3. The summed E-state index contributed by atoms with van der Waals surface area (Å²) in [6.45, 7) is 0. The number of hydrogen-bond acceptors (Lipinski definition) is 4. The molecule has 0 aromatic carbocycles. The van der Waals surface area contributed by atoms with Gasteiger partial charge >= 0.3 is 18.0 Å². The van der Waals surface area contributed by atoms with Crippen LogP contribution in [-0.2, 0) is 14.3 Å². The van der Waals surface area contributed by atoms with Gasteiger partial charge in [-0.3, -0.25) is 0 Å². The summed E-state index contributed by atoms with van der Waals surface area (Å²) in [4.78, 5) is 32.1. The number of urea groups is 1. The zero-order valence-corrected chi connectivity index (χ0v) is 6.73. The van der Waals surface area contributed by atoms with Crippen LogP contribution in [-0.4, -0.2) is 42.3 Å². The third-order valence-corrected chi connectivity index (χ3v) is 1.63. The van der Waals surface area contributed by atoms with Crippen molar-refractivity contribution in [2.75, 3.05) is 7.11 Å². The van der Waals surface area contributed by atoms with Gasteiger partial charge in [0.25, 0.3) is 0 Å². The molecule has 3 N–H and O–H groups in total. The van der Waals surface area contributed by atoms with Gasteiger partial charge in [-0.25, -0.2) is 14.4 Å². The summed E-state index contributed by atoms with van der Waals surface area (Å²) < 4.78 is 4.31. The van der Waals surface area contributed by atoms with Gasteiger partial charge in [-0.1, -0.05) is 0 Å². The fourth-order valence-electron chi connectivity index (χ4n) is 1.02. The van der Waals surface area contributed by atoms with Crippen molar-refractivity contribution in [2.24, 2.45) is 0 Å². The molecule has 0 aromatic rings. The van der Waals surface area contributed by atoms with Crippen LogP contribution in [0.4, 0.5) is 4.79 Å². The van der Waals surface area contributed by atoms with E-state index >= 15 is 0 Å². The van der Waals surface area contributed by atoms with Crippen LogP contribution in [0, 0.1) is 0 Å². The van der Waals surface area contributed by atoms with Crippen molar-refractivity contribution >= 4 is 18.0 Å². The van der Waals surface area contributed by atoms with Crippen LogP contribution >= 0.6 is 0 Å². The number of ether oxygens (including phenoxy) is 1. The first-order valence-corrected chi connectivity index (χ1v) is 3.44. The van der Waals surface area contributed by atoms with Crippen LogP contribution in [0.1, 0.15) is 0 Å². The Hall–Kier alpha value is -1.79. The van der Waals surface area contributed by atoms with Crippen LogP contribution in [0.3, 0.4) is 0 Å². The van der Waals surface area contributed by atoms with E-state index in [1.807, 2.05) is 0 Å². The summed E-state index contributed by atoms with van der Waals surface area (Å²) in [6.07, 6.45) is 0. The third-order valence-electron chi connectivity index (χ3n) is 1.63. The molecule has 2 atom stereocenters. The normalized spacial score (nSPS) is 26.1. The second kappa shape index (κ2) is 3.30. The molecular formula is C6H8N2O5. The second-order valence-electron chi connectivity index (χ2n) is 2.43. The van der Waals surface area contributed by atoms with Crippen molar-refractivity contribution in [3.8, 4) is 0 Å². The number of carboxylic acid groups (broad SMARTS) is 1. The van der Waals surface area contributed by atoms with E-state index in [1.54, 1.807) is 0 Å². The highest BCUT2D eigenvalue weighted by atomic mass is 16.5. The lowest BCUT2D eigenvalue weighted by Crippen LogP contribution is -2.46. The van der Waals surface area contributed by atoms with E-state index in [4.69, 9.17) is 5.11 Å². The Morgan fingerprint density at radius 2 is 1.92 bits per heavy atom. The quantitative estimate of drug-likeness (QED) is 0.448. The fraction of sp³-hybridized carbons (Fsp3) is 0.500. The number of esters is 1. The number of rotatable bonds is 2.